The van der Waals surface area contributed by atoms with Crippen LogP contribution in [-0.4, -0.2) is 49.3 Å². The van der Waals surface area contributed by atoms with Crippen LogP contribution in [0.1, 0.15) is 12.8 Å². The van der Waals surface area contributed by atoms with E-state index in [9.17, 15) is 4.79 Å². The number of nitrogens with zero attached hydrogens (tertiary/aromatic N) is 2. The minimum absolute atomic E-state index is 0.179. The van der Waals surface area contributed by atoms with Gasteiger partial charge in [-0.25, -0.2) is 9.97 Å². The summed E-state index contributed by atoms with van der Waals surface area (Å²) in [5.74, 6) is 0.985. The minimum Gasteiger partial charge on any atom is -0.489 e. The number of rotatable bonds is 8. The first-order valence-corrected chi connectivity index (χ1v) is 11.6. The van der Waals surface area contributed by atoms with Crippen molar-refractivity contribution in [2.45, 2.75) is 12.8 Å². The summed E-state index contributed by atoms with van der Waals surface area (Å²) in [4.78, 5) is 21.6. The van der Waals surface area contributed by atoms with Crippen molar-refractivity contribution in [3.63, 3.8) is 0 Å². The topological polar surface area (TPSA) is 97.4 Å². The Morgan fingerprint density at radius 1 is 1.18 bits per heavy atom. The Morgan fingerprint density at radius 3 is 2.82 bits per heavy atom. The maximum Gasteiger partial charge on any atom is 0.248 e. The van der Waals surface area contributed by atoms with Gasteiger partial charge in [-0.2, -0.15) is 0 Å². The zero-order valence-corrected chi connectivity index (χ0v) is 19.9. The maximum absolute atomic E-state index is 12.8. The van der Waals surface area contributed by atoms with Gasteiger partial charge in [0.25, 0.3) is 0 Å². The summed E-state index contributed by atoms with van der Waals surface area (Å²) in [5, 5.41) is 10.4. The van der Waals surface area contributed by atoms with Crippen molar-refractivity contribution in [2.24, 2.45) is 0 Å². The number of anilines is 3. The summed E-state index contributed by atoms with van der Waals surface area (Å²) in [5.41, 5.74) is 3.27. The zero-order chi connectivity index (χ0) is 23.0. The van der Waals surface area contributed by atoms with Crippen molar-refractivity contribution in [3.8, 4) is 5.75 Å². The Hall–Kier alpha value is -3.01. The first kappa shape index (κ1) is 23.2. The number of ether oxygens (including phenoxy) is 2. The number of fused-ring (bicyclic) bond motifs is 1. The maximum atomic E-state index is 12.8. The monoisotopic (exact) mass is 511 g/mol. The summed E-state index contributed by atoms with van der Waals surface area (Å²) >= 11 is 3.49. The highest BCUT2D eigenvalue weighted by molar-refractivity contribution is 9.10. The molecule has 2 aromatic carbocycles. The number of amides is 1. The molecule has 3 aromatic rings. The summed E-state index contributed by atoms with van der Waals surface area (Å²) < 4.78 is 12.0. The lowest BCUT2D eigenvalue weighted by molar-refractivity contribution is -0.112. The number of aromatic nitrogens is 2. The minimum atomic E-state index is -0.179. The van der Waals surface area contributed by atoms with Gasteiger partial charge in [0.15, 0.2) is 0 Å². The number of carbonyl (C=O) groups excluding carboxylic acids is 1. The number of carbonyl (C=O) groups is 1. The molecule has 0 bridgehead atoms. The van der Waals surface area contributed by atoms with Crippen LogP contribution in [0.4, 0.5) is 17.2 Å². The SMILES string of the molecule is COCCOc1cc2ncnc(Nc3cccc(Br)c3)c2cc1NC(=O)C=C1CCNCC1. The molecule has 9 heteroatoms. The van der Waals surface area contributed by atoms with E-state index in [0.717, 1.165) is 47.1 Å². The number of methoxy groups -OCH3 is 1. The third-order valence-electron chi connectivity index (χ3n) is 5.21. The molecule has 8 nitrogen and oxygen atoms in total. The van der Waals surface area contributed by atoms with Crippen molar-refractivity contribution in [1.82, 2.24) is 15.3 Å². The Morgan fingerprint density at radius 2 is 2.03 bits per heavy atom. The molecule has 0 aliphatic carbocycles. The molecule has 2 heterocycles. The number of benzene rings is 2. The summed E-state index contributed by atoms with van der Waals surface area (Å²) in [6, 6.07) is 11.5. The van der Waals surface area contributed by atoms with Crippen LogP contribution in [-0.2, 0) is 9.53 Å². The molecule has 1 fully saturated rings. The Labute approximate surface area is 200 Å². The number of hydrogen-bond donors (Lipinski definition) is 3. The van der Waals surface area contributed by atoms with Crippen LogP contribution in [0.2, 0.25) is 0 Å². The predicted molar refractivity (Wildman–Crippen MR) is 133 cm³/mol. The number of nitrogens with one attached hydrogen (secondary N) is 3. The van der Waals surface area contributed by atoms with E-state index in [2.05, 4.69) is 41.8 Å². The van der Waals surface area contributed by atoms with Crippen molar-refractivity contribution in [1.29, 1.82) is 0 Å². The average molecular weight is 512 g/mol. The fraction of sp³-hybridized carbons (Fsp3) is 0.292. The third kappa shape index (κ3) is 6.28. The Balaban J connectivity index is 1.67. The standard InChI is InChI=1S/C24H26BrN5O3/c1-32-9-10-33-22-14-20-19(13-21(22)30-23(31)11-16-5-7-26-8-6-16)24(28-15-27-20)29-18-4-2-3-17(25)12-18/h2-4,11-15,26H,5-10H2,1H3,(H,30,31)(H,27,28,29). The highest BCUT2D eigenvalue weighted by Gasteiger charge is 2.14. The second kappa shape index (κ2) is 11.2. The van der Waals surface area contributed by atoms with E-state index in [1.54, 1.807) is 13.2 Å². The summed E-state index contributed by atoms with van der Waals surface area (Å²) in [6.45, 7) is 2.57. The molecule has 1 amide bonds. The summed E-state index contributed by atoms with van der Waals surface area (Å²) in [6.07, 6.45) is 4.93. The quantitative estimate of drug-likeness (QED) is 0.304. The van der Waals surface area contributed by atoms with E-state index >= 15 is 0 Å². The lowest BCUT2D eigenvalue weighted by Gasteiger charge is -2.16. The van der Waals surface area contributed by atoms with Gasteiger partial charge in [-0.05, 0) is 50.2 Å². The van der Waals surface area contributed by atoms with E-state index in [1.807, 2.05) is 36.4 Å². The van der Waals surface area contributed by atoms with Crippen molar-refractivity contribution in [2.75, 3.05) is 44.0 Å². The highest BCUT2D eigenvalue weighted by Crippen LogP contribution is 2.33. The van der Waals surface area contributed by atoms with E-state index < -0.39 is 0 Å². The molecule has 1 aliphatic rings. The van der Waals surface area contributed by atoms with Gasteiger partial charge in [-0.3, -0.25) is 4.79 Å². The smallest absolute Gasteiger partial charge is 0.248 e. The first-order valence-electron chi connectivity index (χ1n) is 10.8. The van der Waals surface area contributed by atoms with Crippen LogP contribution >= 0.6 is 15.9 Å². The average Bonchev–Trinajstić information content (AvgIpc) is 2.80. The van der Waals surface area contributed by atoms with Crippen LogP contribution < -0.4 is 20.7 Å². The third-order valence-corrected chi connectivity index (χ3v) is 5.70. The van der Waals surface area contributed by atoms with Gasteiger partial charge in [0.05, 0.1) is 17.8 Å². The van der Waals surface area contributed by atoms with Gasteiger partial charge in [-0.15, -0.1) is 0 Å². The van der Waals surface area contributed by atoms with E-state index in [0.29, 0.717) is 36.0 Å². The molecular weight excluding hydrogens is 486 g/mol. The molecule has 0 spiro atoms. The molecule has 0 atom stereocenters. The van der Waals surface area contributed by atoms with Crippen LogP contribution in [0.15, 0.2) is 58.8 Å². The van der Waals surface area contributed by atoms with Gasteiger partial charge >= 0.3 is 0 Å². The molecular formula is C24H26BrN5O3. The number of piperidine rings is 1. The predicted octanol–water partition coefficient (Wildman–Crippen LogP) is 4.41. The second-order valence-corrected chi connectivity index (χ2v) is 8.52. The lowest BCUT2D eigenvalue weighted by atomic mass is 10.1. The van der Waals surface area contributed by atoms with Crippen molar-refractivity contribution < 1.29 is 14.3 Å². The van der Waals surface area contributed by atoms with Gasteiger partial charge in [0.1, 0.15) is 24.5 Å². The Bertz CT molecular complexity index is 1160. The molecule has 33 heavy (non-hydrogen) atoms. The van der Waals surface area contributed by atoms with Crippen LogP contribution in [0, 0.1) is 0 Å². The molecule has 0 saturated carbocycles. The van der Waals surface area contributed by atoms with Gasteiger partial charge < -0.3 is 25.4 Å². The largest absolute Gasteiger partial charge is 0.489 e. The van der Waals surface area contributed by atoms with E-state index in [1.165, 1.54) is 6.33 Å². The molecule has 0 unspecified atom stereocenters. The molecule has 1 aromatic heterocycles. The second-order valence-electron chi connectivity index (χ2n) is 7.61. The van der Waals surface area contributed by atoms with E-state index in [-0.39, 0.29) is 5.91 Å². The number of hydrogen-bond acceptors (Lipinski definition) is 7. The normalized spacial score (nSPS) is 13.6. The molecule has 3 N–H and O–H groups in total. The van der Waals surface area contributed by atoms with Gasteiger partial charge in [-0.1, -0.05) is 27.6 Å². The fourth-order valence-electron chi connectivity index (χ4n) is 3.58. The number of halogens is 1. The van der Waals surface area contributed by atoms with Crippen LogP contribution in [0.3, 0.4) is 0 Å². The van der Waals surface area contributed by atoms with Crippen LogP contribution in [0.25, 0.3) is 10.9 Å². The zero-order valence-electron chi connectivity index (χ0n) is 18.4. The molecule has 1 aliphatic heterocycles. The fourth-order valence-corrected chi connectivity index (χ4v) is 3.98. The lowest BCUT2D eigenvalue weighted by Crippen LogP contribution is -2.24. The van der Waals surface area contributed by atoms with Gasteiger partial charge in [0.2, 0.25) is 5.91 Å². The van der Waals surface area contributed by atoms with E-state index in [4.69, 9.17) is 9.47 Å². The Kier molecular flexibility index (Phi) is 7.87. The highest BCUT2D eigenvalue weighted by atomic mass is 79.9. The van der Waals surface area contributed by atoms with Gasteiger partial charge in [0, 0.05) is 34.8 Å². The first-order chi connectivity index (χ1) is 16.1. The molecule has 4 rings (SSSR count). The van der Waals surface area contributed by atoms with Crippen molar-refractivity contribution in [3.05, 3.63) is 58.8 Å². The summed E-state index contributed by atoms with van der Waals surface area (Å²) in [7, 11) is 1.62. The molecule has 172 valence electrons. The van der Waals surface area contributed by atoms with Crippen LogP contribution in [0.5, 0.6) is 5.75 Å². The molecule has 0 radical (unpaired) electrons. The van der Waals surface area contributed by atoms with Crippen molar-refractivity contribution >= 4 is 49.9 Å². The molecule has 1 saturated heterocycles.